The average molecular weight is 488 g/mol. The summed E-state index contributed by atoms with van der Waals surface area (Å²) in [5, 5.41) is 8.82. The van der Waals surface area contributed by atoms with Gasteiger partial charge in [0.1, 0.15) is 17.6 Å². The van der Waals surface area contributed by atoms with Gasteiger partial charge in [-0.3, -0.25) is 0 Å². The fourth-order valence-electron chi connectivity index (χ4n) is 3.53. The number of pyridine rings is 1. The molecule has 35 heavy (non-hydrogen) atoms. The predicted molar refractivity (Wildman–Crippen MR) is 126 cm³/mol. The van der Waals surface area contributed by atoms with Crippen molar-refractivity contribution in [1.82, 2.24) is 4.98 Å². The highest BCUT2D eigenvalue weighted by atomic mass is 19.4. The van der Waals surface area contributed by atoms with E-state index in [1.54, 1.807) is 31.2 Å². The average Bonchev–Trinajstić information content (AvgIpc) is 2.80. The first kappa shape index (κ1) is 26.1. The highest BCUT2D eigenvalue weighted by Gasteiger charge is 2.30. The number of ether oxygens (including phenoxy) is 2. The Morgan fingerprint density at radius 3 is 2.34 bits per heavy atom. The number of carboxylic acids is 1. The number of halogens is 3. The van der Waals surface area contributed by atoms with Crippen LogP contribution in [0.15, 0.2) is 60.7 Å². The molecule has 0 aliphatic rings. The Bertz CT molecular complexity index is 1140. The summed E-state index contributed by atoms with van der Waals surface area (Å²) >= 11 is 0. The SMILES string of the molecule is Cc1cc(OC(CCC(C)C)c2cccc(-c3ccc(C(F)(F)F)cc3)n2)ccc1OCC(=O)O. The monoisotopic (exact) mass is 487 g/mol. The van der Waals surface area contributed by atoms with Gasteiger partial charge in [-0.25, -0.2) is 9.78 Å². The first-order valence-corrected chi connectivity index (χ1v) is 11.3. The van der Waals surface area contributed by atoms with Gasteiger partial charge in [-0.2, -0.15) is 13.2 Å². The van der Waals surface area contributed by atoms with Crippen LogP contribution >= 0.6 is 0 Å². The third-order valence-electron chi connectivity index (χ3n) is 5.39. The van der Waals surface area contributed by atoms with Gasteiger partial charge in [-0.1, -0.05) is 32.0 Å². The van der Waals surface area contributed by atoms with E-state index >= 15 is 0 Å². The molecule has 2 aromatic carbocycles. The minimum absolute atomic E-state index is 0.378. The van der Waals surface area contributed by atoms with E-state index in [2.05, 4.69) is 13.8 Å². The van der Waals surface area contributed by atoms with E-state index in [-0.39, 0.29) is 6.10 Å². The molecule has 3 rings (SSSR count). The summed E-state index contributed by atoms with van der Waals surface area (Å²) < 4.78 is 50.3. The highest BCUT2D eigenvalue weighted by molar-refractivity contribution is 5.68. The second-order valence-corrected chi connectivity index (χ2v) is 8.71. The Kier molecular flexibility index (Phi) is 8.38. The number of carboxylic acid groups (broad SMARTS) is 1. The van der Waals surface area contributed by atoms with Crippen molar-refractivity contribution in [3.63, 3.8) is 0 Å². The van der Waals surface area contributed by atoms with E-state index in [0.717, 1.165) is 24.1 Å². The van der Waals surface area contributed by atoms with E-state index in [0.29, 0.717) is 40.8 Å². The minimum atomic E-state index is -4.39. The van der Waals surface area contributed by atoms with Gasteiger partial charge in [-0.15, -0.1) is 0 Å². The van der Waals surface area contributed by atoms with Crippen molar-refractivity contribution in [2.24, 2.45) is 5.92 Å². The van der Waals surface area contributed by atoms with Crippen LogP contribution < -0.4 is 9.47 Å². The van der Waals surface area contributed by atoms with Gasteiger partial charge < -0.3 is 14.6 Å². The zero-order valence-corrected chi connectivity index (χ0v) is 19.8. The highest BCUT2D eigenvalue weighted by Crippen LogP contribution is 2.33. The number of alkyl halides is 3. The molecule has 0 radical (unpaired) electrons. The minimum Gasteiger partial charge on any atom is -0.484 e. The third-order valence-corrected chi connectivity index (χ3v) is 5.39. The van der Waals surface area contributed by atoms with Gasteiger partial charge in [0, 0.05) is 5.56 Å². The van der Waals surface area contributed by atoms with Crippen molar-refractivity contribution >= 4 is 5.97 Å². The van der Waals surface area contributed by atoms with Crippen LogP contribution in [0.2, 0.25) is 0 Å². The van der Waals surface area contributed by atoms with Gasteiger partial charge in [0.15, 0.2) is 6.61 Å². The normalized spacial score (nSPS) is 12.4. The smallest absolute Gasteiger partial charge is 0.416 e. The van der Waals surface area contributed by atoms with E-state index in [1.807, 2.05) is 12.1 Å². The molecule has 1 heterocycles. The van der Waals surface area contributed by atoms with Crippen LogP contribution in [-0.2, 0) is 11.0 Å². The molecule has 1 aromatic heterocycles. The molecule has 0 aliphatic carbocycles. The summed E-state index contributed by atoms with van der Waals surface area (Å²) in [4.78, 5) is 15.5. The lowest BCUT2D eigenvalue weighted by Gasteiger charge is -2.21. The van der Waals surface area contributed by atoms with Crippen molar-refractivity contribution in [2.45, 2.75) is 45.9 Å². The molecule has 0 aliphatic heterocycles. The van der Waals surface area contributed by atoms with Gasteiger partial charge in [0.05, 0.1) is 17.0 Å². The lowest BCUT2D eigenvalue weighted by molar-refractivity contribution is -0.139. The summed E-state index contributed by atoms with van der Waals surface area (Å²) in [6.07, 6.45) is -3.19. The van der Waals surface area contributed by atoms with Crippen LogP contribution in [0.5, 0.6) is 11.5 Å². The van der Waals surface area contributed by atoms with E-state index in [9.17, 15) is 18.0 Å². The maximum Gasteiger partial charge on any atom is 0.416 e. The molecule has 5 nitrogen and oxygen atoms in total. The molecule has 8 heteroatoms. The van der Waals surface area contributed by atoms with Crippen LogP contribution in [0.25, 0.3) is 11.3 Å². The Hall–Kier alpha value is -3.55. The van der Waals surface area contributed by atoms with Gasteiger partial charge in [0.2, 0.25) is 0 Å². The van der Waals surface area contributed by atoms with Crippen LogP contribution in [0.4, 0.5) is 13.2 Å². The molecule has 0 fully saturated rings. The van der Waals surface area contributed by atoms with E-state index in [1.165, 1.54) is 12.1 Å². The molecule has 1 atom stereocenters. The number of rotatable bonds is 10. The largest absolute Gasteiger partial charge is 0.484 e. The first-order valence-electron chi connectivity index (χ1n) is 11.3. The number of carbonyl (C=O) groups is 1. The molecular weight excluding hydrogens is 459 g/mol. The van der Waals surface area contributed by atoms with Crippen molar-refractivity contribution < 1.29 is 32.5 Å². The standard InChI is InChI=1S/C27H28F3NO4/c1-17(2)7-13-25(35-21-12-14-24(18(3)15-21)34-16-26(32)33)23-6-4-5-22(31-23)19-8-10-20(11-9-19)27(28,29)30/h4-6,8-12,14-15,17,25H,7,13,16H2,1-3H3,(H,32,33). The lowest BCUT2D eigenvalue weighted by atomic mass is 10.0. The Morgan fingerprint density at radius 1 is 1.03 bits per heavy atom. The van der Waals surface area contributed by atoms with Crippen molar-refractivity contribution in [2.75, 3.05) is 6.61 Å². The number of hydrogen-bond donors (Lipinski definition) is 1. The molecule has 0 saturated heterocycles. The molecule has 0 bridgehead atoms. The summed E-state index contributed by atoms with van der Waals surface area (Å²) in [7, 11) is 0. The molecule has 1 N–H and O–H groups in total. The predicted octanol–water partition coefficient (Wildman–Crippen LogP) is 7.10. The number of aliphatic carboxylic acids is 1. The second kappa shape index (κ2) is 11.3. The lowest BCUT2D eigenvalue weighted by Crippen LogP contribution is -2.12. The molecule has 3 aromatic rings. The Balaban J connectivity index is 1.85. The second-order valence-electron chi connectivity index (χ2n) is 8.71. The van der Waals surface area contributed by atoms with Gasteiger partial charge in [-0.05, 0) is 73.7 Å². The summed E-state index contributed by atoms with van der Waals surface area (Å²) in [5.41, 5.74) is 1.84. The zero-order chi connectivity index (χ0) is 25.6. The van der Waals surface area contributed by atoms with E-state index in [4.69, 9.17) is 19.6 Å². The molecule has 0 spiro atoms. The Labute approximate surface area is 202 Å². The van der Waals surface area contributed by atoms with E-state index < -0.39 is 24.3 Å². The van der Waals surface area contributed by atoms with Crippen LogP contribution in [-0.4, -0.2) is 22.7 Å². The maximum atomic E-state index is 12.9. The maximum absolute atomic E-state index is 12.9. The molecular formula is C27H28F3NO4. The van der Waals surface area contributed by atoms with Gasteiger partial charge in [0.25, 0.3) is 0 Å². The molecule has 186 valence electrons. The first-order chi connectivity index (χ1) is 16.5. The topological polar surface area (TPSA) is 68.7 Å². The van der Waals surface area contributed by atoms with Crippen molar-refractivity contribution in [3.8, 4) is 22.8 Å². The van der Waals surface area contributed by atoms with Crippen LogP contribution in [0, 0.1) is 12.8 Å². The fraction of sp³-hybridized carbons (Fsp3) is 0.333. The third kappa shape index (κ3) is 7.47. The van der Waals surface area contributed by atoms with Crippen molar-refractivity contribution in [3.05, 3.63) is 77.5 Å². The van der Waals surface area contributed by atoms with Crippen LogP contribution in [0.1, 0.15) is 49.6 Å². The van der Waals surface area contributed by atoms with Crippen molar-refractivity contribution in [1.29, 1.82) is 0 Å². The zero-order valence-electron chi connectivity index (χ0n) is 19.8. The van der Waals surface area contributed by atoms with Gasteiger partial charge >= 0.3 is 12.1 Å². The molecule has 0 amide bonds. The molecule has 1 unspecified atom stereocenters. The number of nitrogens with zero attached hydrogens (tertiary/aromatic N) is 1. The quantitative estimate of drug-likeness (QED) is 0.330. The fourth-order valence-corrected chi connectivity index (χ4v) is 3.53. The summed E-state index contributed by atoms with van der Waals surface area (Å²) in [5.74, 6) is 0.423. The summed E-state index contributed by atoms with van der Waals surface area (Å²) in [6.45, 7) is 5.60. The number of benzene rings is 2. The van der Waals surface area contributed by atoms with Crippen LogP contribution in [0.3, 0.4) is 0 Å². The number of hydrogen-bond acceptors (Lipinski definition) is 4. The number of aromatic nitrogens is 1. The Morgan fingerprint density at radius 2 is 1.74 bits per heavy atom. The molecule has 0 saturated carbocycles. The number of aryl methyl sites for hydroxylation is 1. The summed E-state index contributed by atoms with van der Waals surface area (Å²) in [6, 6.07) is 15.5.